The molecule has 0 radical (unpaired) electrons. The van der Waals surface area contributed by atoms with Gasteiger partial charge in [0.1, 0.15) is 5.60 Å². The molecule has 2 rings (SSSR count). The van der Waals surface area contributed by atoms with E-state index >= 15 is 0 Å². The molecule has 1 saturated heterocycles. The van der Waals surface area contributed by atoms with Crippen molar-refractivity contribution in [3.63, 3.8) is 0 Å². The third-order valence-corrected chi connectivity index (χ3v) is 5.15. The molecule has 1 amide bonds. The van der Waals surface area contributed by atoms with Gasteiger partial charge in [0.05, 0.1) is 17.1 Å². The van der Waals surface area contributed by atoms with Gasteiger partial charge < -0.3 is 14.4 Å². The molecule has 1 aliphatic heterocycles. The Labute approximate surface area is 156 Å². The Hall–Kier alpha value is -0.790. The maximum atomic E-state index is 12.2. The summed E-state index contributed by atoms with van der Waals surface area (Å²) in [4.78, 5) is 13.9. The van der Waals surface area contributed by atoms with Gasteiger partial charge in [0.25, 0.3) is 0 Å². The number of ether oxygens (including phenoxy) is 2. The van der Waals surface area contributed by atoms with Crippen molar-refractivity contribution in [2.45, 2.75) is 45.3 Å². The minimum Gasteiger partial charge on any atom is -0.444 e. The van der Waals surface area contributed by atoms with Crippen LogP contribution in [0.15, 0.2) is 10.7 Å². The molecule has 1 atom stereocenters. The molecule has 1 aromatic heterocycles. The average molecular weight is 423 g/mol. The van der Waals surface area contributed by atoms with E-state index in [1.807, 2.05) is 31.6 Å². The molecule has 8 heteroatoms. The monoisotopic (exact) mass is 421 g/mol. The molecule has 0 saturated carbocycles. The molecule has 0 bridgehead atoms. The van der Waals surface area contributed by atoms with Crippen LogP contribution in [0.2, 0.25) is 5.15 Å². The van der Waals surface area contributed by atoms with Gasteiger partial charge in [-0.25, -0.2) is 4.79 Å². The number of rotatable bonds is 4. The number of aromatic nitrogens is 2. The van der Waals surface area contributed by atoms with E-state index in [4.69, 9.17) is 21.1 Å². The number of piperidine rings is 1. The highest BCUT2D eigenvalue weighted by molar-refractivity contribution is 9.10. The zero-order valence-corrected chi connectivity index (χ0v) is 16.9. The van der Waals surface area contributed by atoms with E-state index in [-0.39, 0.29) is 12.1 Å². The number of halogens is 2. The smallest absolute Gasteiger partial charge is 0.410 e. The largest absolute Gasteiger partial charge is 0.444 e. The van der Waals surface area contributed by atoms with Gasteiger partial charge in [0.15, 0.2) is 5.15 Å². The Bertz CT molecular complexity index is 546. The molecule has 1 unspecified atom stereocenters. The molecule has 1 fully saturated rings. The number of likely N-dealkylation sites (tertiary alicyclic amines) is 1. The zero-order valence-electron chi connectivity index (χ0n) is 14.6. The Morgan fingerprint density at radius 2 is 2.08 bits per heavy atom. The molecular formula is C16H25BrClN3O3. The second-order valence-electron chi connectivity index (χ2n) is 7.08. The van der Waals surface area contributed by atoms with Crippen LogP contribution in [0.5, 0.6) is 0 Å². The number of hydrogen-bond acceptors (Lipinski definition) is 4. The second-order valence-corrected chi connectivity index (χ2v) is 8.29. The molecule has 1 aromatic rings. The molecule has 0 aliphatic carbocycles. The lowest BCUT2D eigenvalue weighted by Gasteiger charge is -2.36. The minimum absolute atomic E-state index is 0.0968. The highest BCUT2D eigenvalue weighted by Gasteiger charge is 2.32. The molecule has 1 aliphatic rings. The van der Waals surface area contributed by atoms with Gasteiger partial charge in [-0.3, -0.25) is 4.68 Å². The molecule has 136 valence electrons. The normalized spacial score (nSPS) is 17.8. The first-order valence-corrected chi connectivity index (χ1v) is 9.25. The van der Waals surface area contributed by atoms with Crippen molar-refractivity contribution in [1.82, 2.24) is 14.7 Å². The quantitative estimate of drug-likeness (QED) is 0.732. The number of nitrogens with zero attached hydrogens (tertiary/aromatic N) is 3. The van der Waals surface area contributed by atoms with Gasteiger partial charge in [-0.15, -0.1) is 0 Å². The van der Waals surface area contributed by atoms with Gasteiger partial charge in [-0.2, -0.15) is 5.10 Å². The topological polar surface area (TPSA) is 56.6 Å². The zero-order chi connectivity index (χ0) is 17.9. The van der Waals surface area contributed by atoms with Crippen molar-refractivity contribution in [1.29, 1.82) is 0 Å². The van der Waals surface area contributed by atoms with E-state index in [0.29, 0.717) is 30.8 Å². The summed E-state index contributed by atoms with van der Waals surface area (Å²) in [5.41, 5.74) is -0.468. The van der Waals surface area contributed by atoms with Crippen LogP contribution in [-0.2, 0) is 9.47 Å². The van der Waals surface area contributed by atoms with Crippen LogP contribution in [0.4, 0.5) is 4.79 Å². The molecule has 0 spiro atoms. The highest BCUT2D eigenvalue weighted by Crippen LogP contribution is 2.31. The molecule has 6 nitrogen and oxygen atoms in total. The summed E-state index contributed by atoms with van der Waals surface area (Å²) in [5, 5.41) is 4.80. The van der Waals surface area contributed by atoms with E-state index in [2.05, 4.69) is 21.0 Å². The summed E-state index contributed by atoms with van der Waals surface area (Å²) in [6.07, 6.45) is 3.39. The van der Waals surface area contributed by atoms with E-state index in [1.165, 1.54) is 0 Å². The first-order valence-electron chi connectivity index (χ1n) is 8.08. The predicted molar refractivity (Wildman–Crippen MR) is 96.4 cm³/mol. The summed E-state index contributed by atoms with van der Waals surface area (Å²) in [7, 11) is 1.68. The van der Waals surface area contributed by atoms with Crippen molar-refractivity contribution in [3.05, 3.63) is 15.8 Å². The van der Waals surface area contributed by atoms with Crippen molar-refractivity contribution in [3.8, 4) is 0 Å². The number of amides is 1. The molecule has 0 aromatic carbocycles. The van der Waals surface area contributed by atoms with Crippen LogP contribution < -0.4 is 0 Å². The van der Waals surface area contributed by atoms with Crippen molar-refractivity contribution >= 4 is 33.6 Å². The van der Waals surface area contributed by atoms with Crippen LogP contribution in [0.1, 0.15) is 39.7 Å². The first kappa shape index (κ1) is 19.5. The molecular weight excluding hydrogens is 398 g/mol. The van der Waals surface area contributed by atoms with E-state index in [1.54, 1.807) is 12.0 Å². The average Bonchev–Trinajstić information content (AvgIpc) is 2.82. The molecule has 24 heavy (non-hydrogen) atoms. The summed E-state index contributed by atoms with van der Waals surface area (Å²) >= 11 is 9.44. The maximum absolute atomic E-state index is 12.2. The summed E-state index contributed by atoms with van der Waals surface area (Å²) < 4.78 is 13.5. The molecule has 0 N–H and O–H groups in total. The first-order chi connectivity index (χ1) is 11.2. The van der Waals surface area contributed by atoms with Gasteiger partial charge in [-0.1, -0.05) is 11.6 Å². The van der Waals surface area contributed by atoms with Crippen LogP contribution in [-0.4, -0.2) is 53.2 Å². The van der Waals surface area contributed by atoms with Crippen molar-refractivity contribution in [2.75, 3.05) is 26.8 Å². The lowest BCUT2D eigenvalue weighted by Crippen LogP contribution is -2.43. The number of hydrogen-bond donors (Lipinski definition) is 0. The summed E-state index contributed by atoms with van der Waals surface area (Å²) in [6, 6.07) is 0.0968. The van der Waals surface area contributed by atoms with Crippen LogP contribution in [0, 0.1) is 5.92 Å². The van der Waals surface area contributed by atoms with Gasteiger partial charge >= 0.3 is 6.09 Å². The third-order valence-electron chi connectivity index (χ3n) is 4.06. The molecule has 2 heterocycles. The van der Waals surface area contributed by atoms with Crippen molar-refractivity contribution < 1.29 is 14.3 Å². The van der Waals surface area contributed by atoms with Crippen molar-refractivity contribution in [2.24, 2.45) is 5.92 Å². The SMILES string of the molecule is COCC(C1CCN(C(=O)OC(C)(C)C)CC1)n1cc(Br)c(Cl)n1. The standard InChI is InChI=1S/C16H25BrClN3O3/c1-16(2,3)24-15(22)20-7-5-11(6-8-20)13(10-23-4)21-9-12(17)14(18)19-21/h9,11,13H,5-8,10H2,1-4H3. The Morgan fingerprint density at radius 3 is 2.54 bits per heavy atom. The van der Waals surface area contributed by atoms with Gasteiger partial charge in [0.2, 0.25) is 0 Å². The highest BCUT2D eigenvalue weighted by atomic mass is 79.9. The van der Waals surface area contributed by atoms with E-state index in [0.717, 1.165) is 17.3 Å². The third kappa shape index (κ3) is 5.10. The summed E-state index contributed by atoms with van der Waals surface area (Å²) in [6.45, 7) is 7.55. The summed E-state index contributed by atoms with van der Waals surface area (Å²) in [5.74, 6) is 0.367. The minimum atomic E-state index is -0.468. The second kappa shape index (κ2) is 8.06. The fraction of sp³-hybridized carbons (Fsp3) is 0.750. The van der Waals surface area contributed by atoms with Crippen LogP contribution >= 0.6 is 27.5 Å². The van der Waals surface area contributed by atoms with E-state index < -0.39 is 5.60 Å². The fourth-order valence-corrected chi connectivity index (χ4v) is 3.33. The maximum Gasteiger partial charge on any atom is 0.410 e. The Morgan fingerprint density at radius 1 is 1.46 bits per heavy atom. The lowest BCUT2D eigenvalue weighted by molar-refractivity contribution is 0.0129. The number of carbonyl (C=O) groups is 1. The fourth-order valence-electron chi connectivity index (χ4n) is 2.91. The Kier molecular flexibility index (Phi) is 6.56. The predicted octanol–water partition coefficient (Wildman–Crippen LogP) is 4.13. The Balaban J connectivity index is 1.99. The van der Waals surface area contributed by atoms with Crippen LogP contribution in [0.25, 0.3) is 0 Å². The van der Waals surface area contributed by atoms with Crippen LogP contribution in [0.3, 0.4) is 0 Å². The van der Waals surface area contributed by atoms with E-state index in [9.17, 15) is 4.79 Å². The number of methoxy groups -OCH3 is 1. The number of carbonyl (C=O) groups excluding carboxylic acids is 1. The van der Waals surface area contributed by atoms with Gasteiger partial charge in [0, 0.05) is 26.4 Å². The lowest BCUT2D eigenvalue weighted by atomic mass is 9.90. The van der Waals surface area contributed by atoms with Gasteiger partial charge in [-0.05, 0) is 55.5 Å².